The van der Waals surface area contributed by atoms with Crippen LogP contribution in [0.1, 0.15) is 21.5 Å². The molecular weight excluding hydrogens is 286 g/mol. The van der Waals surface area contributed by atoms with E-state index in [0.717, 1.165) is 11.1 Å². The van der Waals surface area contributed by atoms with Crippen LogP contribution in [0.2, 0.25) is 0 Å². The predicted molar refractivity (Wildman–Crippen MR) is 81.6 cm³/mol. The number of methoxy groups -OCH3 is 2. The quantitative estimate of drug-likeness (QED) is 0.857. The molecule has 0 saturated carbocycles. The maximum Gasteiger partial charge on any atom is 0.347 e. The number of aromatic nitrogens is 2. The number of anilines is 1. The first kappa shape index (κ1) is 15.6. The molecule has 0 bridgehead atoms. The molecule has 0 unspecified atom stereocenters. The van der Waals surface area contributed by atoms with Gasteiger partial charge < -0.3 is 15.2 Å². The second kappa shape index (κ2) is 5.88. The Labute approximate surface area is 127 Å². The van der Waals surface area contributed by atoms with Crippen molar-refractivity contribution in [3.05, 3.63) is 45.5 Å². The molecule has 0 fully saturated rings. The highest BCUT2D eigenvalue weighted by atomic mass is 16.5. The Bertz CT molecular complexity index is 773. The molecular formula is C15H17N3O4. The maximum absolute atomic E-state index is 12.6. The number of rotatable bonds is 3. The molecule has 1 aromatic heterocycles. The number of carbonyl (C=O) groups is 1. The number of nitrogen functional groups attached to an aromatic ring is 1. The zero-order chi connectivity index (χ0) is 16.4. The topological polar surface area (TPSA) is 96.4 Å². The number of hydrogen-bond donors (Lipinski definition) is 1. The summed E-state index contributed by atoms with van der Waals surface area (Å²) in [6.45, 7) is 3.68. The van der Waals surface area contributed by atoms with Crippen LogP contribution in [0.15, 0.2) is 23.3 Å². The monoisotopic (exact) mass is 303 g/mol. The Morgan fingerprint density at radius 2 is 1.82 bits per heavy atom. The Kier molecular flexibility index (Phi) is 4.16. The number of nitrogens with two attached hydrogens (primary N) is 1. The molecule has 0 aliphatic rings. The van der Waals surface area contributed by atoms with Crippen molar-refractivity contribution in [1.82, 2.24) is 9.55 Å². The van der Waals surface area contributed by atoms with Crippen LogP contribution >= 0.6 is 0 Å². The van der Waals surface area contributed by atoms with Crippen molar-refractivity contribution in [3.8, 4) is 11.4 Å². The van der Waals surface area contributed by atoms with Crippen molar-refractivity contribution >= 4 is 11.8 Å². The summed E-state index contributed by atoms with van der Waals surface area (Å²) < 4.78 is 11.1. The van der Waals surface area contributed by atoms with E-state index in [1.54, 1.807) is 19.2 Å². The number of carbonyl (C=O) groups excluding carboxylic acids is 1. The summed E-state index contributed by atoms with van der Waals surface area (Å²) in [5.74, 6) is -0.284. The summed E-state index contributed by atoms with van der Waals surface area (Å²) in [6.07, 6.45) is 1.30. The summed E-state index contributed by atoms with van der Waals surface area (Å²) in [6, 6.07) is 3.59. The smallest absolute Gasteiger partial charge is 0.347 e. The molecule has 1 aromatic carbocycles. The van der Waals surface area contributed by atoms with Crippen molar-refractivity contribution < 1.29 is 14.3 Å². The fraction of sp³-hybridized carbons (Fsp3) is 0.267. The van der Waals surface area contributed by atoms with Crippen LogP contribution in [0.25, 0.3) is 5.69 Å². The molecule has 0 aliphatic carbocycles. The summed E-state index contributed by atoms with van der Waals surface area (Å²) in [7, 11) is 2.75. The van der Waals surface area contributed by atoms with Gasteiger partial charge in [0.2, 0.25) is 0 Å². The lowest BCUT2D eigenvalue weighted by Gasteiger charge is -2.15. The number of aryl methyl sites for hydroxylation is 2. The lowest BCUT2D eigenvalue weighted by molar-refractivity contribution is 0.0599. The Hall–Kier alpha value is -2.83. The third-order valence-electron chi connectivity index (χ3n) is 3.33. The molecule has 22 heavy (non-hydrogen) atoms. The maximum atomic E-state index is 12.6. The molecule has 0 amide bonds. The van der Waals surface area contributed by atoms with Crippen molar-refractivity contribution in [2.45, 2.75) is 13.8 Å². The van der Waals surface area contributed by atoms with E-state index < -0.39 is 11.5 Å². The molecule has 0 spiro atoms. The van der Waals surface area contributed by atoms with E-state index in [-0.39, 0.29) is 11.4 Å². The van der Waals surface area contributed by atoms with Gasteiger partial charge in [0.15, 0.2) is 5.56 Å². The average Bonchev–Trinajstić information content (AvgIpc) is 2.48. The van der Waals surface area contributed by atoms with E-state index >= 15 is 0 Å². The highest BCUT2D eigenvalue weighted by molar-refractivity contribution is 5.93. The third kappa shape index (κ3) is 2.52. The Morgan fingerprint density at radius 1 is 1.23 bits per heavy atom. The molecule has 2 aromatic rings. The van der Waals surface area contributed by atoms with Gasteiger partial charge in [0.25, 0.3) is 5.56 Å². The number of esters is 1. The van der Waals surface area contributed by atoms with Gasteiger partial charge in [-0.05, 0) is 37.1 Å². The van der Waals surface area contributed by atoms with Gasteiger partial charge in [0, 0.05) is 0 Å². The van der Waals surface area contributed by atoms with E-state index in [9.17, 15) is 9.59 Å². The van der Waals surface area contributed by atoms with E-state index in [1.165, 1.54) is 18.0 Å². The van der Waals surface area contributed by atoms with Gasteiger partial charge in [-0.15, -0.1) is 0 Å². The van der Waals surface area contributed by atoms with Gasteiger partial charge in [-0.2, -0.15) is 0 Å². The van der Waals surface area contributed by atoms with Crippen molar-refractivity contribution in [2.24, 2.45) is 0 Å². The first-order chi connectivity index (χ1) is 10.4. The van der Waals surface area contributed by atoms with E-state index in [0.29, 0.717) is 11.4 Å². The van der Waals surface area contributed by atoms with Gasteiger partial charge in [0.05, 0.1) is 19.9 Å². The number of benzene rings is 1. The van der Waals surface area contributed by atoms with Crippen LogP contribution < -0.4 is 16.0 Å². The van der Waals surface area contributed by atoms with Crippen LogP contribution in [-0.4, -0.2) is 29.7 Å². The fourth-order valence-corrected chi connectivity index (χ4v) is 2.33. The molecule has 0 atom stereocenters. The zero-order valence-electron chi connectivity index (χ0n) is 12.8. The average molecular weight is 303 g/mol. The molecule has 7 heteroatoms. The van der Waals surface area contributed by atoms with Crippen LogP contribution in [0.3, 0.4) is 0 Å². The fourth-order valence-electron chi connectivity index (χ4n) is 2.33. The number of hydrogen-bond acceptors (Lipinski definition) is 6. The Balaban J connectivity index is 2.75. The molecule has 2 rings (SSSR count). The van der Waals surface area contributed by atoms with Gasteiger partial charge in [-0.3, -0.25) is 9.36 Å². The summed E-state index contributed by atoms with van der Waals surface area (Å²) in [5, 5.41) is 0. The minimum atomic E-state index is -0.812. The SMILES string of the molecule is COC(=O)c1c(N)ncn(-c2c(C)cc(OC)cc2C)c1=O. The highest BCUT2D eigenvalue weighted by Crippen LogP contribution is 2.24. The third-order valence-corrected chi connectivity index (χ3v) is 3.33. The van der Waals surface area contributed by atoms with Crippen molar-refractivity contribution in [3.63, 3.8) is 0 Å². The first-order valence-corrected chi connectivity index (χ1v) is 6.51. The second-order valence-electron chi connectivity index (χ2n) is 4.78. The van der Waals surface area contributed by atoms with E-state index in [1.807, 2.05) is 13.8 Å². The lowest BCUT2D eigenvalue weighted by Crippen LogP contribution is -2.29. The minimum absolute atomic E-state index is 0.156. The lowest BCUT2D eigenvalue weighted by atomic mass is 10.1. The highest BCUT2D eigenvalue weighted by Gasteiger charge is 2.20. The minimum Gasteiger partial charge on any atom is -0.497 e. The van der Waals surface area contributed by atoms with Crippen LogP contribution in [0, 0.1) is 13.8 Å². The zero-order valence-corrected chi connectivity index (χ0v) is 12.8. The largest absolute Gasteiger partial charge is 0.497 e. The van der Waals surface area contributed by atoms with Gasteiger partial charge in [-0.25, -0.2) is 9.78 Å². The molecule has 7 nitrogen and oxygen atoms in total. The summed E-state index contributed by atoms with van der Waals surface area (Å²) >= 11 is 0. The van der Waals surface area contributed by atoms with Crippen molar-refractivity contribution in [2.75, 3.05) is 20.0 Å². The summed E-state index contributed by atoms with van der Waals surface area (Å²) in [4.78, 5) is 28.2. The van der Waals surface area contributed by atoms with Crippen molar-refractivity contribution in [1.29, 1.82) is 0 Å². The van der Waals surface area contributed by atoms with E-state index in [2.05, 4.69) is 9.72 Å². The molecule has 1 heterocycles. The number of ether oxygens (including phenoxy) is 2. The molecule has 0 radical (unpaired) electrons. The molecule has 0 aliphatic heterocycles. The Morgan fingerprint density at radius 3 is 2.32 bits per heavy atom. The van der Waals surface area contributed by atoms with Crippen LogP contribution in [0.4, 0.5) is 5.82 Å². The standard InChI is InChI=1S/C15H17N3O4/c1-8-5-10(21-3)6-9(2)12(8)18-7-17-13(16)11(14(18)19)15(20)22-4/h5-7H,16H2,1-4H3. The molecule has 0 saturated heterocycles. The predicted octanol–water partition coefficient (Wildman–Crippen LogP) is 1.23. The van der Waals surface area contributed by atoms with Gasteiger partial charge in [0.1, 0.15) is 17.9 Å². The normalized spacial score (nSPS) is 10.4. The summed E-state index contributed by atoms with van der Waals surface area (Å²) in [5.41, 5.74) is 7.01. The number of nitrogens with zero attached hydrogens (tertiary/aromatic N) is 2. The van der Waals surface area contributed by atoms with E-state index in [4.69, 9.17) is 10.5 Å². The van der Waals surface area contributed by atoms with Crippen LogP contribution in [0.5, 0.6) is 5.75 Å². The second-order valence-corrected chi connectivity index (χ2v) is 4.78. The first-order valence-electron chi connectivity index (χ1n) is 6.51. The van der Waals surface area contributed by atoms with Gasteiger partial charge in [-0.1, -0.05) is 0 Å². The van der Waals surface area contributed by atoms with Gasteiger partial charge >= 0.3 is 5.97 Å². The van der Waals surface area contributed by atoms with Crippen LogP contribution in [-0.2, 0) is 4.74 Å². The molecule has 116 valence electrons. The molecule has 2 N–H and O–H groups in total.